The molecule has 0 fully saturated rings. The van der Waals surface area contributed by atoms with Gasteiger partial charge in [-0.1, -0.05) is 0 Å². The highest BCUT2D eigenvalue weighted by molar-refractivity contribution is 9.11. The van der Waals surface area contributed by atoms with E-state index in [4.69, 9.17) is 5.11 Å². The Morgan fingerprint density at radius 1 is 1.42 bits per heavy atom. The Morgan fingerprint density at radius 2 is 2.21 bits per heavy atom. The first-order chi connectivity index (χ1) is 9.06. The Labute approximate surface area is 121 Å². The van der Waals surface area contributed by atoms with Gasteiger partial charge in [-0.2, -0.15) is 0 Å². The molecule has 3 rings (SSSR count). The first-order valence-electron chi connectivity index (χ1n) is 5.53. The standard InChI is InChI=1S/C13H9BrN2O2S/c1-7-9(11-2-3-12(14)19-11)4-8-5-10(13(17)18)15-6-16(7)8/h2-6H,1H3,(H,17,18). The molecule has 4 nitrogen and oxygen atoms in total. The fourth-order valence-electron chi connectivity index (χ4n) is 2.03. The maximum absolute atomic E-state index is 10.9. The van der Waals surface area contributed by atoms with E-state index in [1.165, 1.54) is 0 Å². The third kappa shape index (κ3) is 2.06. The van der Waals surface area contributed by atoms with Crippen LogP contribution >= 0.6 is 27.3 Å². The fraction of sp³-hybridized carbons (Fsp3) is 0.0769. The highest BCUT2D eigenvalue weighted by atomic mass is 79.9. The summed E-state index contributed by atoms with van der Waals surface area (Å²) in [6.07, 6.45) is 1.56. The van der Waals surface area contributed by atoms with E-state index in [-0.39, 0.29) is 5.69 Å². The van der Waals surface area contributed by atoms with E-state index in [9.17, 15) is 4.79 Å². The third-order valence-electron chi connectivity index (χ3n) is 2.98. The minimum Gasteiger partial charge on any atom is -0.477 e. The molecule has 0 atom stereocenters. The second-order valence-corrected chi connectivity index (χ2v) is 6.58. The predicted octanol–water partition coefficient (Wildman–Crippen LogP) is 3.83. The zero-order valence-electron chi connectivity index (χ0n) is 9.92. The number of carbonyl (C=O) groups is 1. The van der Waals surface area contributed by atoms with Gasteiger partial charge in [0.05, 0.1) is 3.79 Å². The van der Waals surface area contributed by atoms with Crippen LogP contribution in [0.15, 0.2) is 34.4 Å². The van der Waals surface area contributed by atoms with Crippen molar-refractivity contribution in [2.24, 2.45) is 0 Å². The van der Waals surface area contributed by atoms with Crippen molar-refractivity contribution in [1.82, 2.24) is 9.38 Å². The molecule has 0 aliphatic carbocycles. The normalized spacial score (nSPS) is 11.1. The van der Waals surface area contributed by atoms with Gasteiger partial charge in [0.15, 0.2) is 5.69 Å². The topological polar surface area (TPSA) is 54.6 Å². The average molecular weight is 337 g/mol. The van der Waals surface area contributed by atoms with Gasteiger partial charge in [-0.15, -0.1) is 11.3 Å². The van der Waals surface area contributed by atoms with Gasteiger partial charge < -0.3 is 9.51 Å². The van der Waals surface area contributed by atoms with Crippen molar-refractivity contribution in [2.45, 2.75) is 6.92 Å². The number of aryl methyl sites for hydroxylation is 1. The molecule has 0 spiro atoms. The number of fused-ring (bicyclic) bond motifs is 1. The van der Waals surface area contributed by atoms with E-state index >= 15 is 0 Å². The monoisotopic (exact) mass is 336 g/mol. The lowest BCUT2D eigenvalue weighted by atomic mass is 10.2. The lowest BCUT2D eigenvalue weighted by Gasteiger charge is -1.99. The number of hydrogen-bond acceptors (Lipinski definition) is 3. The maximum atomic E-state index is 10.9. The number of carboxylic acid groups (broad SMARTS) is 1. The van der Waals surface area contributed by atoms with E-state index in [0.717, 1.165) is 25.4 Å². The van der Waals surface area contributed by atoms with Gasteiger partial charge in [0, 0.05) is 21.7 Å². The number of halogens is 1. The molecule has 3 heterocycles. The van der Waals surface area contributed by atoms with Gasteiger partial charge in [-0.3, -0.25) is 0 Å². The lowest BCUT2D eigenvalue weighted by molar-refractivity contribution is 0.0690. The molecule has 96 valence electrons. The minimum atomic E-state index is -1.01. The molecule has 0 saturated heterocycles. The molecule has 3 aromatic heterocycles. The summed E-state index contributed by atoms with van der Waals surface area (Å²) in [7, 11) is 0. The summed E-state index contributed by atoms with van der Waals surface area (Å²) in [5, 5.41) is 8.96. The van der Waals surface area contributed by atoms with Crippen LogP contribution in [0.5, 0.6) is 0 Å². The van der Waals surface area contributed by atoms with Crippen LogP contribution in [-0.4, -0.2) is 20.5 Å². The van der Waals surface area contributed by atoms with Gasteiger partial charge in [0.25, 0.3) is 0 Å². The van der Waals surface area contributed by atoms with Crippen LogP contribution < -0.4 is 0 Å². The predicted molar refractivity (Wildman–Crippen MR) is 77.9 cm³/mol. The molecule has 1 N–H and O–H groups in total. The summed E-state index contributed by atoms with van der Waals surface area (Å²) in [6, 6.07) is 7.62. The molecule has 0 aromatic carbocycles. The highest BCUT2D eigenvalue weighted by Gasteiger charge is 2.12. The second-order valence-electron chi connectivity index (χ2n) is 4.12. The highest BCUT2D eigenvalue weighted by Crippen LogP contribution is 2.34. The quantitative estimate of drug-likeness (QED) is 0.773. The van der Waals surface area contributed by atoms with Crippen molar-refractivity contribution in [2.75, 3.05) is 0 Å². The second kappa shape index (κ2) is 4.47. The minimum absolute atomic E-state index is 0.0592. The SMILES string of the molecule is Cc1c(-c2ccc(Br)s2)cc2cc(C(=O)O)ncn12. The van der Waals surface area contributed by atoms with E-state index in [1.54, 1.807) is 23.7 Å². The van der Waals surface area contributed by atoms with Crippen molar-refractivity contribution in [3.63, 3.8) is 0 Å². The van der Waals surface area contributed by atoms with Crippen LogP contribution in [0.1, 0.15) is 16.2 Å². The summed E-state index contributed by atoms with van der Waals surface area (Å²) < 4.78 is 2.97. The first-order valence-corrected chi connectivity index (χ1v) is 7.14. The van der Waals surface area contributed by atoms with Gasteiger partial charge in [0.2, 0.25) is 0 Å². The Balaban J connectivity index is 2.22. The largest absolute Gasteiger partial charge is 0.477 e. The van der Waals surface area contributed by atoms with Crippen molar-refractivity contribution in [1.29, 1.82) is 0 Å². The molecule has 0 bridgehead atoms. The van der Waals surface area contributed by atoms with Crippen LogP contribution in [0.3, 0.4) is 0 Å². The zero-order chi connectivity index (χ0) is 13.6. The summed E-state index contributed by atoms with van der Waals surface area (Å²) in [5.41, 5.74) is 3.04. The molecular formula is C13H9BrN2O2S. The van der Waals surface area contributed by atoms with Crippen LogP contribution in [0.2, 0.25) is 0 Å². The number of aromatic carboxylic acids is 1. The molecule has 0 amide bonds. The van der Waals surface area contributed by atoms with Crippen LogP contribution in [0, 0.1) is 6.92 Å². The van der Waals surface area contributed by atoms with Gasteiger partial charge in [0.1, 0.15) is 6.33 Å². The fourth-order valence-corrected chi connectivity index (χ4v) is 3.49. The first kappa shape index (κ1) is 12.4. The van der Waals surface area contributed by atoms with Crippen molar-refractivity contribution in [3.05, 3.63) is 45.8 Å². The summed E-state index contributed by atoms with van der Waals surface area (Å²) in [4.78, 5) is 16.0. The van der Waals surface area contributed by atoms with E-state index in [1.807, 2.05) is 29.5 Å². The molecule has 3 aromatic rings. The van der Waals surface area contributed by atoms with Crippen LogP contribution in [0.25, 0.3) is 16.0 Å². The Hall–Kier alpha value is -1.66. The van der Waals surface area contributed by atoms with E-state index in [2.05, 4.69) is 20.9 Å². The maximum Gasteiger partial charge on any atom is 0.354 e. The molecule has 0 saturated carbocycles. The molecule has 6 heteroatoms. The smallest absolute Gasteiger partial charge is 0.354 e. The van der Waals surface area contributed by atoms with Gasteiger partial charge >= 0.3 is 5.97 Å². The van der Waals surface area contributed by atoms with Crippen molar-refractivity contribution >= 4 is 38.8 Å². The number of rotatable bonds is 2. The molecular weight excluding hydrogens is 328 g/mol. The average Bonchev–Trinajstić information content (AvgIpc) is 2.93. The number of carboxylic acids is 1. The molecule has 0 aliphatic heterocycles. The van der Waals surface area contributed by atoms with Crippen molar-refractivity contribution < 1.29 is 9.90 Å². The van der Waals surface area contributed by atoms with Gasteiger partial charge in [-0.05, 0) is 47.1 Å². The Kier molecular flexibility index (Phi) is 2.91. The lowest BCUT2D eigenvalue weighted by Crippen LogP contribution is -2.01. The zero-order valence-corrected chi connectivity index (χ0v) is 12.3. The number of aromatic nitrogens is 2. The van der Waals surface area contributed by atoms with Gasteiger partial charge in [-0.25, -0.2) is 9.78 Å². The third-order valence-corrected chi connectivity index (χ3v) is 4.63. The van der Waals surface area contributed by atoms with E-state index in [0.29, 0.717) is 0 Å². The molecule has 19 heavy (non-hydrogen) atoms. The Morgan fingerprint density at radius 3 is 2.84 bits per heavy atom. The summed E-state index contributed by atoms with van der Waals surface area (Å²) in [5.74, 6) is -1.01. The van der Waals surface area contributed by atoms with E-state index < -0.39 is 5.97 Å². The molecule has 0 aliphatic rings. The summed E-state index contributed by atoms with van der Waals surface area (Å²) >= 11 is 5.10. The van der Waals surface area contributed by atoms with Crippen molar-refractivity contribution in [3.8, 4) is 10.4 Å². The van der Waals surface area contributed by atoms with Crippen LogP contribution in [-0.2, 0) is 0 Å². The summed E-state index contributed by atoms with van der Waals surface area (Å²) in [6.45, 7) is 2.00. The number of nitrogens with zero attached hydrogens (tertiary/aromatic N) is 2. The Bertz CT molecular complexity index is 791. The van der Waals surface area contributed by atoms with Crippen LogP contribution in [0.4, 0.5) is 0 Å². The molecule has 0 unspecified atom stereocenters. The molecule has 0 radical (unpaired) electrons. The number of thiophene rings is 1. The number of hydrogen-bond donors (Lipinski definition) is 1.